The van der Waals surface area contributed by atoms with Crippen molar-refractivity contribution >= 4 is 38.9 Å². The molecule has 2 heterocycles. The highest BCUT2D eigenvalue weighted by molar-refractivity contribution is 7.20. The fourth-order valence-electron chi connectivity index (χ4n) is 3.96. The van der Waals surface area contributed by atoms with Gasteiger partial charge in [0.1, 0.15) is 0 Å². The van der Waals surface area contributed by atoms with Gasteiger partial charge < -0.3 is 4.74 Å². The topological polar surface area (TPSA) is 89.3 Å². The molecule has 5 rings (SSSR count). The van der Waals surface area contributed by atoms with Crippen LogP contribution in [0.25, 0.3) is 26.5 Å². The van der Waals surface area contributed by atoms with Crippen molar-refractivity contribution in [3.63, 3.8) is 0 Å². The average molecular weight is 483 g/mol. The van der Waals surface area contributed by atoms with Crippen LogP contribution in [-0.2, 0) is 16.0 Å². The molecule has 3 aromatic carbocycles. The van der Waals surface area contributed by atoms with Gasteiger partial charge in [0.2, 0.25) is 5.13 Å². The molecule has 0 amide bonds. The summed E-state index contributed by atoms with van der Waals surface area (Å²) in [5, 5.41) is 3.57. The second-order valence-corrected chi connectivity index (χ2v) is 8.91. The van der Waals surface area contributed by atoms with Crippen molar-refractivity contribution in [2.24, 2.45) is 4.99 Å². The van der Waals surface area contributed by atoms with Gasteiger partial charge in [0.05, 0.1) is 46.4 Å². The zero-order chi connectivity index (χ0) is 24.4. The first-order valence-corrected chi connectivity index (χ1v) is 11.8. The Bertz CT molecular complexity index is 1580. The van der Waals surface area contributed by atoms with Crippen LogP contribution >= 0.6 is 11.3 Å². The molecule has 0 aliphatic carbocycles. The lowest BCUT2D eigenvalue weighted by atomic mass is 10.0. The number of rotatable bonds is 6. The van der Waals surface area contributed by atoms with Crippen molar-refractivity contribution < 1.29 is 9.53 Å². The smallest absolute Gasteiger partial charge is 0.311 e. The van der Waals surface area contributed by atoms with Crippen LogP contribution in [0.4, 0.5) is 5.69 Å². The normalized spacial score (nSPS) is 11.7. The first-order chi connectivity index (χ1) is 17.0. The van der Waals surface area contributed by atoms with Crippen LogP contribution in [0.15, 0.2) is 88.6 Å². The molecular weight excluding hydrogens is 460 g/mol. The SMILES string of the molecule is COC(=O)Cc1[nH]n(-c2nc3ccccc3s2)c(=O)c1C(C)=Nc1ccccc1-c1ccccc1. The van der Waals surface area contributed by atoms with Crippen molar-refractivity contribution in [2.75, 3.05) is 7.11 Å². The summed E-state index contributed by atoms with van der Waals surface area (Å²) in [7, 11) is 1.32. The second-order valence-electron chi connectivity index (χ2n) is 7.90. The van der Waals surface area contributed by atoms with E-state index in [2.05, 4.69) is 10.1 Å². The van der Waals surface area contributed by atoms with Gasteiger partial charge >= 0.3 is 5.97 Å². The molecule has 0 aliphatic rings. The first-order valence-electron chi connectivity index (χ1n) is 11.0. The van der Waals surface area contributed by atoms with E-state index in [-0.39, 0.29) is 12.0 Å². The number of carbonyl (C=O) groups excluding carboxylic acids is 1. The summed E-state index contributed by atoms with van der Waals surface area (Å²) in [6.45, 7) is 1.77. The highest BCUT2D eigenvalue weighted by atomic mass is 32.1. The molecular formula is C27H22N4O3S. The number of esters is 1. The fraction of sp³-hybridized carbons (Fsp3) is 0.111. The van der Waals surface area contributed by atoms with Crippen LogP contribution in [-0.4, -0.2) is 33.6 Å². The maximum Gasteiger partial charge on any atom is 0.311 e. The number of hydrogen-bond acceptors (Lipinski definition) is 6. The molecule has 174 valence electrons. The molecule has 1 N–H and O–H groups in total. The summed E-state index contributed by atoms with van der Waals surface area (Å²) in [6, 6.07) is 25.4. The number of H-pyrrole nitrogens is 1. The molecule has 8 heteroatoms. The van der Waals surface area contributed by atoms with Crippen LogP contribution in [0.3, 0.4) is 0 Å². The number of aromatic amines is 1. The van der Waals surface area contributed by atoms with Gasteiger partial charge in [-0.2, -0.15) is 4.68 Å². The third-order valence-corrected chi connectivity index (χ3v) is 6.65. The molecule has 0 unspecified atom stereocenters. The summed E-state index contributed by atoms with van der Waals surface area (Å²) >= 11 is 1.39. The Labute approximate surface area is 205 Å². The molecule has 7 nitrogen and oxygen atoms in total. The summed E-state index contributed by atoms with van der Waals surface area (Å²) < 4.78 is 7.20. The van der Waals surface area contributed by atoms with Crippen LogP contribution in [0, 0.1) is 0 Å². The lowest BCUT2D eigenvalue weighted by Crippen LogP contribution is -2.20. The van der Waals surface area contributed by atoms with Crippen LogP contribution in [0.1, 0.15) is 18.2 Å². The minimum absolute atomic E-state index is 0.0911. The van der Waals surface area contributed by atoms with Crippen molar-refractivity contribution in [3.05, 3.63) is 100 Å². The highest BCUT2D eigenvalue weighted by Crippen LogP contribution is 2.30. The molecule has 0 atom stereocenters. The Balaban J connectivity index is 1.64. The summed E-state index contributed by atoms with van der Waals surface area (Å²) in [5.41, 5.74) is 4.44. The molecule has 2 aromatic heterocycles. The number of methoxy groups -OCH3 is 1. The van der Waals surface area contributed by atoms with Gasteiger partial charge in [-0.15, -0.1) is 0 Å². The Hall–Kier alpha value is -4.30. The molecule has 0 radical (unpaired) electrons. The van der Waals surface area contributed by atoms with Gasteiger partial charge in [-0.05, 0) is 30.7 Å². The lowest BCUT2D eigenvalue weighted by Gasteiger charge is -2.07. The predicted octanol–water partition coefficient (Wildman–Crippen LogP) is 5.30. The van der Waals surface area contributed by atoms with Gasteiger partial charge in [-0.25, -0.2) is 4.98 Å². The first kappa shape index (κ1) is 22.5. The number of aromatic nitrogens is 3. The zero-order valence-corrected chi connectivity index (χ0v) is 20.0. The van der Waals surface area contributed by atoms with Crippen molar-refractivity contribution in [1.82, 2.24) is 14.8 Å². The zero-order valence-electron chi connectivity index (χ0n) is 19.2. The van der Waals surface area contributed by atoms with Crippen molar-refractivity contribution in [2.45, 2.75) is 13.3 Å². The Morgan fingerprint density at radius 3 is 2.51 bits per heavy atom. The molecule has 0 fully saturated rings. The van der Waals surface area contributed by atoms with Crippen LogP contribution < -0.4 is 5.56 Å². The van der Waals surface area contributed by atoms with E-state index in [1.807, 2.05) is 78.9 Å². The number of aliphatic imine (C=N–C) groups is 1. The monoisotopic (exact) mass is 482 g/mol. The molecule has 0 aliphatic heterocycles. The molecule has 35 heavy (non-hydrogen) atoms. The van der Waals surface area contributed by atoms with Gasteiger partial charge in [0.25, 0.3) is 5.56 Å². The van der Waals surface area contributed by atoms with E-state index >= 15 is 0 Å². The van der Waals surface area contributed by atoms with E-state index in [0.29, 0.717) is 22.1 Å². The third-order valence-electron chi connectivity index (χ3n) is 5.63. The number of ether oxygens (including phenoxy) is 1. The fourth-order valence-corrected chi connectivity index (χ4v) is 4.89. The maximum atomic E-state index is 13.6. The van der Waals surface area contributed by atoms with Gasteiger partial charge in [0, 0.05) is 5.56 Å². The van der Waals surface area contributed by atoms with E-state index in [9.17, 15) is 9.59 Å². The number of benzene rings is 3. The number of hydrogen-bond donors (Lipinski definition) is 1. The second kappa shape index (κ2) is 9.52. The highest BCUT2D eigenvalue weighted by Gasteiger charge is 2.22. The number of carbonyl (C=O) groups is 1. The summed E-state index contributed by atoms with van der Waals surface area (Å²) in [5.74, 6) is -0.457. The van der Waals surface area contributed by atoms with Crippen molar-refractivity contribution in [1.29, 1.82) is 0 Å². The largest absolute Gasteiger partial charge is 0.469 e. The summed E-state index contributed by atoms with van der Waals surface area (Å²) in [4.78, 5) is 35.1. The quantitative estimate of drug-likeness (QED) is 0.263. The molecule has 0 bridgehead atoms. The van der Waals surface area contributed by atoms with E-state index in [1.54, 1.807) is 6.92 Å². The minimum atomic E-state index is -0.457. The Morgan fingerprint density at radius 1 is 1.03 bits per heavy atom. The number of nitrogens with zero attached hydrogens (tertiary/aromatic N) is 3. The van der Waals surface area contributed by atoms with E-state index < -0.39 is 5.97 Å². The number of thiazole rings is 1. The molecule has 0 saturated heterocycles. The van der Waals surface area contributed by atoms with E-state index in [4.69, 9.17) is 9.73 Å². The Kier molecular flexibility index (Phi) is 6.12. The Morgan fingerprint density at radius 2 is 1.74 bits per heavy atom. The molecule has 0 spiro atoms. The van der Waals surface area contributed by atoms with Gasteiger partial charge in [0.15, 0.2) is 0 Å². The van der Waals surface area contributed by atoms with Gasteiger partial charge in [-0.3, -0.25) is 19.7 Å². The van der Waals surface area contributed by atoms with E-state index in [1.165, 1.54) is 23.1 Å². The van der Waals surface area contributed by atoms with Crippen molar-refractivity contribution in [3.8, 4) is 16.3 Å². The molecule has 0 saturated carbocycles. The van der Waals surface area contributed by atoms with E-state index in [0.717, 1.165) is 27.0 Å². The third kappa shape index (κ3) is 4.43. The standard InChI is InChI=1S/C27H22N4O3S/c1-17(28-20-13-7-6-12-19(20)18-10-4-3-5-11-18)25-22(16-24(32)34-2)30-31(26(25)33)27-29-21-14-8-9-15-23(21)35-27/h3-15,30H,16H2,1-2H3. The van der Waals surface area contributed by atoms with Crippen LogP contribution in [0.5, 0.6) is 0 Å². The molecule has 5 aromatic rings. The maximum absolute atomic E-state index is 13.6. The minimum Gasteiger partial charge on any atom is -0.469 e. The predicted molar refractivity (Wildman–Crippen MR) is 139 cm³/mol. The number of para-hydroxylation sites is 2. The van der Waals surface area contributed by atoms with Crippen LogP contribution in [0.2, 0.25) is 0 Å². The van der Waals surface area contributed by atoms with Gasteiger partial charge in [-0.1, -0.05) is 72.0 Å². The number of fused-ring (bicyclic) bond motifs is 1. The number of nitrogens with one attached hydrogen (secondary N) is 1. The lowest BCUT2D eigenvalue weighted by molar-refractivity contribution is -0.139. The summed E-state index contributed by atoms with van der Waals surface area (Å²) in [6.07, 6.45) is -0.0911. The average Bonchev–Trinajstić information content (AvgIpc) is 3.45.